The number of halogens is 1. The summed E-state index contributed by atoms with van der Waals surface area (Å²) in [5.74, 6) is 0.512. The first kappa shape index (κ1) is 23.0. The highest BCUT2D eigenvalue weighted by Gasteiger charge is 2.35. The molecule has 4 heterocycles. The van der Waals surface area contributed by atoms with Gasteiger partial charge in [-0.1, -0.05) is 29.8 Å². The minimum atomic E-state index is -0.275. The zero-order valence-electron chi connectivity index (χ0n) is 19.5. The van der Waals surface area contributed by atoms with Gasteiger partial charge >= 0.3 is 5.69 Å². The molecule has 1 atom stereocenters. The van der Waals surface area contributed by atoms with Crippen molar-refractivity contribution in [2.75, 3.05) is 18.2 Å². The zero-order chi connectivity index (χ0) is 24.5. The van der Waals surface area contributed by atoms with Crippen LogP contribution in [0.5, 0.6) is 0 Å². The topological polar surface area (TPSA) is 89.1 Å². The second-order valence-corrected chi connectivity index (χ2v) is 8.91. The van der Waals surface area contributed by atoms with Crippen molar-refractivity contribution in [1.29, 1.82) is 0 Å². The van der Waals surface area contributed by atoms with E-state index >= 15 is 0 Å². The number of aliphatic hydroxyl groups is 1. The number of rotatable bonds is 6. The SMILES string of the molecule is Cc1ccc(Cn2nc3n(c2=O)N(CCO)C(C)C(c2ccc(Cl)cc2)=C3c2ccncc2)cn1. The van der Waals surface area contributed by atoms with E-state index in [9.17, 15) is 9.90 Å². The van der Waals surface area contributed by atoms with Crippen molar-refractivity contribution in [2.24, 2.45) is 0 Å². The number of β-amino-alcohol motifs (C(OH)–C–C–N with tert-alkyl or cyclic N) is 1. The van der Waals surface area contributed by atoms with Gasteiger partial charge in [-0.2, -0.15) is 4.68 Å². The van der Waals surface area contributed by atoms with Gasteiger partial charge in [0.25, 0.3) is 0 Å². The Kier molecular flexibility index (Phi) is 6.23. The summed E-state index contributed by atoms with van der Waals surface area (Å²) < 4.78 is 3.03. The molecule has 9 heteroatoms. The summed E-state index contributed by atoms with van der Waals surface area (Å²) in [7, 11) is 0. The lowest BCUT2D eigenvalue weighted by Crippen LogP contribution is -2.52. The summed E-state index contributed by atoms with van der Waals surface area (Å²) in [6, 6.07) is 15.1. The van der Waals surface area contributed by atoms with Crippen LogP contribution in [0.2, 0.25) is 5.02 Å². The number of aromatic nitrogens is 5. The molecule has 3 aromatic heterocycles. The lowest BCUT2D eigenvalue weighted by atomic mass is 9.88. The summed E-state index contributed by atoms with van der Waals surface area (Å²) >= 11 is 6.18. The highest BCUT2D eigenvalue weighted by atomic mass is 35.5. The van der Waals surface area contributed by atoms with Gasteiger partial charge in [-0.25, -0.2) is 9.48 Å². The largest absolute Gasteiger partial charge is 0.394 e. The van der Waals surface area contributed by atoms with E-state index in [0.717, 1.165) is 33.5 Å². The first-order chi connectivity index (χ1) is 17.0. The van der Waals surface area contributed by atoms with E-state index in [1.807, 2.05) is 67.4 Å². The van der Waals surface area contributed by atoms with Crippen molar-refractivity contribution < 1.29 is 5.11 Å². The molecule has 1 aromatic carbocycles. The highest BCUT2D eigenvalue weighted by molar-refractivity contribution is 6.30. The number of aryl methyl sites for hydroxylation is 1. The van der Waals surface area contributed by atoms with Gasteiger partial charge in [0.15, 0.2) is 5.82 Å². The molecule has 0 amide bonds. The molecule has 0 bridgehead atoms. The van der Waals surface area contributed by atoms with E-state index in [4.69, 9.17) is 16.7 Å². The van der Waals surface area contributed by atoms with Crippen LogP contribution < -0.4 is 10.7 Å². The molecule has 178 valence electrons. The molecule has 0 fully saturated rings. The normalized spacial score (nSPS) is 15.4. The summed E-state index contributed by atoms with van der Waals surface area (Å²) in [5.41, 5.74) is 5.20. The Labute approximate surface area is 207 Å². The van der Waals surface area contributed by atoms with Gasteiger partial charge in [0.1, 0.15) is 0 Å². The van der Waals surface area contributed by atoms with Crippen molar-refractivity contribution in [3.05, 3.63) is 111 Å². The Morgan fingerprint density at radius 2 is 1.77 bits per heavy atom. The Hall–Kier alpha value is -3.75. The van der Waals surface area contributed by atoms with Gasteiger partial charge in [0.2, 0.25) is 0 Å². The van der Waals surface area contributed by atoms with Crippen LogP contribution in [0.1, 0.15) is 35.1 Å². The van der Waals surface area contributed by atoms with Crippen molar-refractivity contribution >= 4 is 22.7 Å². The average Bonchev–Trinajstić information content (AvgIpc) is 3.18. The molecule has 4 aromatic rings. The molecule has 1 unspecified atom stereocenters. The van der Waals surface area contributed by atoms with E-state index in [1.54, 1.807) is 23.3 Å². The second-order valence-electron chi connectivity index (χ2n) is 8.48. The zero-order valence-corrected chi connectivity index (χ0v) is 20.2. The number of hydrogen-bond acceptors (Lipinski definition) is 6. The van der Waals surface area contributed by atoms with Crippen LogP contribution >= 0.6 is 11.6 Å². The van der Waals surface area contributed by atoms with Gasteiger partial charge in [-0.3, -0.25) is 15.0 Å². The third kappa shape index (κ3) is 4.26. The fourth-order valence-electron chi connectivity index (χ4n) is 4.52. The predicted molar refractivity (Wildman–Crippen MR) is 136 cm³/mol. The fourth-order valence-corrected chi connectivity index (χ4v) is 4.65. The van der Waals surface area contributed by atoms with Gasteiger partial charge < -0.3 is 5.11 Å². The molecular formula is C26H25ClN6O2. The van der Waals surface area contributed by atoms with Crippen molar-refractivity contribution in [3.8, 4) is 0 Å². The maximum atomic E-state index is 13.6. The number of aliphatic hydroxyl groups excluding tert-OH is 1. The summed E-state index contributed by atoms with van der Waals surface area (Å²) in [6.45, 7) is 4.39. The smallest absolute Gasteiger partial charge is 0.365 e. The van der Waals surface area contributed by atoms with Gasteiger partial charge in [-0.05, 0) is 66.4 Å². The van der Waals surface area contributed by atoms with Gasteiger partial charge in [0.05, 0.1) is 25.7 Å². The summed E-state index contributed by atoms with van der Waals surface area (Å²) in [6.07, 6.45) is 5.21. The Morgan fingerprint density at radius 3 is 2.43 bits per heavy atom. The molecule has 0 saturated carbocycles. The standard InChI is InChI=1S/C26H25ClN6O2/c1-17-3-4-19(15-29-17)16-31-26(35)33-25(30-31)24(21-9-11-28-12-10-21)23(18(2)32(33)13-14-34)20-5-7-22(27)8-6-20/h3-12,15,18,34H,13-14,16H2,1-2H3. The number of pyridine rings is 2. The Bertz CT molecular complexity index is 1430. The van der Waals surface area contributed by atoms with Gasteiger partial charge in [0, 0.05) is 34.9 Å². The number of fused-ring (bicyclic) bond motifs is 1. The third-order valence-electron chi connectivity index (χ3n) is 6.19. The first-order valence-electron chi connectivity index (χ1n) is 11.4. The highest BCUT2D eigenvalue weighted by Crippen LogP contribution is 2.38. The molecule has 1 aliphatic rings. The molecule has 35 heavy (non-hydrogen) atoms. The quantitative estimate of drug-likeness (QED) is 0.448. The molecule has 0 radical (unpaired) electrons. The fraction of sp³-hybridized carbons (Fsp3) is 0.231. The molecule has 0 saturated heterocycles. The molecule has 1 N–H and O–H groups in total. The maximum Gasteiger partial charge on any atom is 0.365 e. The van der Waals surface area contributed by atoms with Crippen LogP contribution in [-0.4, -0.2) is 48.7 Å². The van der Waals surface area contributed by atoms with Crippen LogP contribution in [0.15, 0.2) is 71.9 Å². The van der Waals surface area contributed by atoms with E-state index in [2.05, 4.69) is 9.97 Å². The molecule has 5 rings (SSSR count). The van der Waals surface area contributed by atoms with Crippen LogP contribution in [0.25, 0.3) is 11.1 Å². The van der Waals surface area contributed by atoms with Crippen LogP contribution in [0.4, 0.5) is 0 Å². The van der Waals surface area contributed by atoms with Crippen molar-refractivity contribution in [2.45, 2.75) is 26.4 Å². The minimum Gasteiger partial charge on any atom is -0.394 e. The van der Waals surface area contributed by atoms with Crippen LogP contribution in [-0.2, 0) is 6.54 Å². The minimum absolute atomic E-state index is 0.109. The lowest BCUT2D eigenvalue weighted by molar-refractivity contribution is 0.286. The third-order valence-corrected chi connectivity index (χ3v) is 6.44. The lowest BCUT2D eigenvalue weighted by Gasteiger charge is -2.38. The van der Waals surface area contributed by atoms with Crippen LogP contribution in [0.3, 0.4) is 0 Å². The Balaban J connectivity index is 1.76. The van der Waals surface area contributed by atoms with Crippen molar-refractivity contribution in [3.63, 3.8) is 0 Å². The first-order valence-corrected chi connectivity index (χ1v) is 11.8. The Morgan fingerprint density at radius 1 is 1.03 bits per heavy atom. The van der Waals surface area contributed by atoms with Crippen molar-refractivity contribution in [1.82, 2.24) is 24.4 Å². The maximum absolute atomic E-state index is 13.6. The molecule has 1 aliphatic heterocycles. The molecule has 0 aliphatic carbocycles. The van der Waals surface area contributed by atoms with E-state index in [0.29, 0.717) is 10.8 Å². The van der Waals surface area contributed by atoms with E-state index in [1.165, 1.54) is 4.68 Å². The number of benzene rings is 1. The summed E-state index contributed by atoms with van der Waals surface area (Å²) in [5, 5.41) is 17.2. The molecule has 0 spiro atoms. The molecule has 8 nitrogen and oxygen atoms in total. The van der Waals surface area contributed by atoms with E-state index < -0.39 is 0 Å². The number of nitrogens with zero attached hydrogens (tertiary/aromatic N) is 6. The van der Waals surface area contributed by atoms with Crippen LogP contribution in [0, 0.1) is 6.92 Å². The van der Waals surface area contributed by atoms with Gasteiger partial charge in [-0.15, -0.1) is 5.10 Å². The molecular weight excluding hydrogens is 464 g/mol. The number of hydrogen-bond donors (Lipinski definition) is 1. The summed E-state index contributed by atoms with van der Waals surface area (Å²) in [4.78, 5) is 22.2. The second kappa shape index (κ2) is 9.48. The monoisotopic (exact) mass is 488 g/mol. The van der Waals surface area contributed by atoms with E-state index in [-0.39, 0.29) is 31.4 Å². The predicted octanol–water partition coefficient (Wildman–Crippen LogP) is 3.14. The average molecular weight is 489 g/mol.